The molecule has 10 heteroatoms. The fourth-order valence-corrected chi connectivity index (χ4v) is 7.76. The van der Waals surface area contributed by atoms with Gasteiger partial charge in [-0.25, -0.2) is 0 Å². The maximum atomic E-state index is 14.4. The van der Waals surface area contributed by atoms with Gasteiger partial charge in [0, 0.05) is 43.3 Å². The van der Waals surface area contributed by atoms with Crippen LogP contribution in [0.15, 0.2) is 49.6 Å². The van der Waals surface area contributed by atoms with E-state index in [1.807, 2.05) is 31.2 Å². The number of rotatable bonds is 16. The third kappa shape index (κ3) is 5.90. The first-order chi connectivity index (χ1) is 20.3. The molecule has 0 aliphatic carbocycles. The largest absolute Gasteiger partial charge is 0.494 e. The second kappa shape index (κ2) is 14.2. The van der Waals surface area contributed by atoms with Gasteiger partial charge in [-0.15, -0.1) is 13.2 Å². The Labute approximate surface area is 257 Å². The third-order valence-corrected chi connectivity index (χ3v) is 9.44. The summed E-state index contributed by atoms with van der Waals surface area (Å²) in [7, 11) is 0. The van der Waals surface area contributed by atoms with Gasteiger partial charge in [-0.1, -0.05) is 41.4 Å². The van der Waals surface area contributed by atoms with Gasteiger partial charge in [0.05, 0.1) is 24.5 Å². The van der Waals surface area contributed by atoms with E-state index in [1.54, 1.807) is 26.9 Å². The Morgan fingerprint density at radius 1 is 1.14 bits per heavy atom. The summed E-state index contributed by atoms with van der Waals surface area (Å²) in [5, 5.41) is 9.43. The van der Waals surface area contributed by atoms with Gasteiger partial charge < -0.3 is 29.3 Å². The minimum absolute atomic E-state index is 0.00391. The van der Waals surface area contributed by atoms with Crippen LogP contribution >= 0.6 is 15.9 Å². The summed E-state index contributed by atoms with van der Waals surface area (Å²) in [4.78, 5) is 47.8. The first kappa shape index (κ1) is 32.2. The minimum Gasteiger partial charge on any atom is -0.494 e. The lowest BCUT2D eigenvalue weighted by atomic mass is 9.70. The number of aliphatic hydroxyl groups is 1. The van der Waals surface area contributed by atoms with Crippen molar-refractivity contribution in [2.45, 2.75) is 68.5 Å². The average molecular weight is 647 g/mol. The predicted octanol–water partition coefficient (Wildman–Crippen LogP) is 3.94. The summed E-state index contributed by atoms with van der Waals surface area (Å²) in [6.45, 7) is 13.7. The van der Waals surface area contributed by atoms with Gasteiger partial charge in [0.25, 0.3) is 0 Å². The molecule has 3 aliphatic rings. The lowest BCUT2D eigenvalue weighted by Crippen LogP contribution is -2.57. The maximum Gasteiger partial charge on any atom is 0.248 e. The molecule has 230 valence electrons. The molecular weight excluding hydrogens is 602 g/mol. The zero-order chi connectivity index (χ0) is 30.4. The Bertz CT molecular complexity index is 1150. The van der Waals surface area contributed by atoms with Crippen LogP contribution in [0.5, 0.6) is 5.75 Å². The van der Waals surface area contributed by atoms with Gasteiger partial charge in [0.2, 0.25) is 17.7 Å². The van der Waals surface area contributed by atoms with E-state index < -0.39 is 29.6 Å². The van der Waals surface area contributed by atoms with Crippen molar-refractivity contribution in [3.8, 4) is 5.75 Å². The van der Waals surface area contributed by atoms with Crippen molar-refractivity contribution in [1.29, 1.82) is 0 Å². The molecule has 1 spiro atoms. The third-order valence-electron chi connectivity index (χ3n) is 8.60. The fourth-order valence-electron chi connectivity index (χ4n) is 6.82. The van der Waals surface area contributed by atoms with Crippen molar-refractivity contribution in [2.75, 3.05) is 44.3 Å². The second-order valence-corrected chi connectivity index (χ2v) is 12.4. The van der Waals surface area contributed by atoms with Crippen LogP contribution < -0.4 is 9.64 Å². The topological polar surface area (TPSA) is 99.6 Å². The molecule has 0 aromatic heterocycles. The lowest BCUT2D eigenvalue weighted by molar-refractivity contribution is -0.147. The van der Waals surface area contributed by atoms with Crippen molar-refractivity contribution >= 4 is 39.3 Å². The SMILES string of the molecule is C=CCN(CCCC)C(=O)C1N(CCCCO)C(=O)[C@@H]2[C@H](C(=O)N(CC=C)c3ccc(OCC)cc3)[C@H]3OC12CC3Br. The molecule has 2 bridgehead atoms. The van der Waals surface area contributed by atoms with Gasteiger partial charge in [0.1, 0.15) is 17.4 Å². The number of unbranched alkanes of at least 4 members (excludes halogenated alkanes) is 2. The van der Waals surface area contributed by atoms with Crippen LogP contribution in [0.25, 0.3) is 0 Å². The molecule has 3 aliphatic heterocycles. The molecule has 0 radical (unpaired) electrons. The van der Waals surface area contributed by atoms with E-state index in [1.165, 1.54) is 0 Å². The number of amides is 3. The number of carbonyl (C=O) groups excluding carboxylic acids is 3. The van der Waals surface area contributed by atoms with E-state index in [2.05, 4.69) is 36.0 Å². The Hall–Kier alpha value is -2.69. The summed E-state index contributed by atoms with van der Waals surface area (Å²) in [5.74, 6) is -1.50. The number of carbonyl (C=O) groups is 3. The normalized spacial score (nSPS) is 27.6. The smallest absolute Gasteiger partial charge is 0.248 e. The molecule has 0 saturated carbocycles. The Kier molecular flexibility index (Phi) is 10.9. The minimum atomic E-state index is -1.13. The number of nitrogens with zero attached hydrogens (tertiary/aromatic N) is 3. The number of alkyl halides is 1. The van der Waals surface area contributed by atoms with Crippen LogP contribution in [-0.2, 0) is 19.1 Å². The van der Waals surface area contributed by atoms with E-state index in [9.17, 15) is 19.5 Å². The molecule has 6 atom stereocenters. The molecule has 1 aromatic carbocycles. The highest BCUT2D eigenvalue weighted by atomic mass is 79.9. The van der Waals surface area contributed by atoms with Gasteiger partial charge in [0.15, 0.2) is 0 Å². The quantitative estimate of drug-likeness (QED) is 0.166. The molecule has 3 fully saturated rings. The van der Waals surface area contributed by atoms with Crippen LogP contribution in [0, 0.1) is 11.8 Å². The number of ether oxygens (including phenoxy) is 2. The van der Waals surface area contributed by atoms with Crippen molar-refractivity contribution in [2.24, 2.45) is 11.8 Å². The van der Waals surface area contributed by atoms with E-state index >= 15 is 0 Å². The Morgan fingerprint density at radius 3 is 2.48 bits per heavy atom. The highest BCUT2D eigenvalue weighted by molar-refractivity contribution is 9.09. The summed E-state index contributed by atoms with van der Waals surface area (Å²) in [6, 6.07) is 6.43. The van der Waals surface area contributed by atoms with Crippen molar-refractivity contribution in [3.05, 3.63) is 49.6 Å². The van der Waals surface area contributed by atoms with Gasteiger partial charge in [-0.05, 0) is 56.9 Å². The number of likely N-dealkylation sites (tertiary alicyclic amines) is 1. The number of halogens is 1. The van der Waals surface area contributed by atoms with Crippen LogP contribution in [0.3, 0.4) is 0 Å². The molecule has 3 saturated heterocycles. The van der Waals surface area contributed by atoms with E-state index in [0.29, 0.717) is 56.9 Å². The molecule has 1 aromatic rings. The molecule has 4 rings (SSSR count). The number of hydrogen-bond donors (Lipinski definition) is 1. The van der Waals surface area contributed by atoms with Crippen LogP contribution in [0.2, 0.25) is 0 Å². The van der Waals surface area contributed by atoms with E-state index in [0.717, 1.165) is 12.8 Å². The van der Waals surface area contributed by atoms with Gasteiger partial charge in [-0.3, -0.25) is 14.4 Å². The molecule has 3 unspecified atom stereocenters. The second-order valence-electron chi connectivity index (χ2n) is 11.2. The Morgan fingerprint density at radius 2 is 1.86 bits per heavy atom. The van der Waals surface area contributed by atoms with Gasteiger partial charge in [-0.2, -0.15) is 0 Å². The lowest BCUT2D eigenvalue weighted by Gasteiger charge is -2.37. The number of benzene rings is 1. The summed E-state index contributed by atoms with van der Waals surface area (Å²) in [6.07, 6.45) is 6.05. The number of fused-ring (bicyclic) bond motifs is 1. The Balaban J connectivity index is 1.73. The number of hydrogen-bond acceptors (Lipinski definition) is 6. The molecule has 3 amide bonds. The highest BCUT2D eigenvalue weighted by Gasteiger charge is 2.76. The van der Waals surface area contributed by atoms with E-state index in [-0.39, 0.29) is 35.7 Å². The summed E-state index contributed by atoms with van der Waals surface area (Å²) < 4.78 is 12.3. The van der Waals surface area contributed by atoms with Gasteiger partial charge >= 0.3 is 0 Å². The molecule has 1 N–H and O–H groups in total. The zero-order valence-corrected chi connectivity index (χ0v) is 26.3. The fraction of sp³-hybridized carbons (Fsp3) is 0.594. The molecule has 42 heavy (non-hydrogen) atoms. The monoisotopic (exact) mass is 645 g/mol. The first-order valence-electron chi connectivity index (χ1n) is 15.1. The maximum absolute atomic E-state index is 14.4. The molecule has 3 heterocycles. The van der Waals surface area contributed by atoms with Crippen molar-refractivity contribution in [3.63, 3.8) is 0 Å². The van der Waals surface area contributed by atoms with Crippen molar-refractivity contribution in [1.82, 2.24) is 9.80 Å². The van der Waals surface area contributed by atoms with E-state index in [4.69, 9.17) is 9.47 Å². The predicted molar refractivity (Wildman–Crippen MR) is 166 cm³/mol. The summed E-state index contributed by atoms with van der Waals surface area (Å²) in [5.41, 5.74) is -0.461. The first-order valence-corrected chi connectivity index (χ1v) is 16.0. The standard InChI is InChI=1S/C32H44BrN3O6/c1-5-9-18-34(16-6-2)31(40)28-32-21-24(33)27(42-32)25(26(32)30(39)36(28)19-10-11-20-37)29(38)35(17-7-3)22-12-14-23(15-13-22)41-8-4/h6-7,12-15,24-28,37H,2-3,5,8-11,16-21H2,1,4H3/t24?,25-,26-,27-,28?,32?/m0/s1. The highest BCUT2D eigenvalue weighted by Crippen LogP contribution is 2.60. The molecular formula is C32H44BrN3O6. The number of aliphatic hydroxyl groups excluding tert-OH is 1. The van der Waals surface area contributed by atoms with Crippen LogP contribution in [0.1, 0.15) is 46.0 Å². The number of anilines is 1. The van der Waals surface area contributed by atoms with Crippen molar-refractivity contribution < 1.29 is 29.0 Å². The summed E-state index contributed by atoms with van der Waals surface area (Å²) >= 11 is 3.76. The van der Waals surface area contributed by atoms with Crippen LogP contribution in [-0.4, -0.2) is 94.6 Å². The average Bonchev–Trinajstić information content (AvgIpc) is 3.57. The van der Waals surface area contributed by atoms with Crippen LogP contribution in [0.4, 0.5) is 5.69 Å². The molecule has 9 nitrogen and oxygen atoms in total. The zero-order valence-electron chi connectivity index (χ0n) is 24.8.